The van der Waals surface area contributed by atoms with Crippen molar-refractivity contribution in [3.8, 4) is 5.88 Å². The van der Waals surface area contributed by atoms with E-state index in [4.69, 9.17) is 4.74 Å². The van der Waals surface area contributed by atoms with Crippen LogP contribution in [0.4, 0.5) is 0 Å². The Balaban J connectivity index is 1.60. The van der Waals surface area contributed by atoms with Crippen molar-refractivity contribution in [2.45, 2.75) is 51.9 Å². The molecule has 0 aromatic carbocycles. The Morgan fingerprint density at radius 3 is 2.63 bits per heavy atom. The Morgan fingerprint density at radius 2 is 1.79 bits per heavy atom. The van der Waals surface area contributed by atoms with Gasteiger partial charge in [0.1, 0.15) is 0 Å². The van der Waals surface area contributed by atoms with Crippen LogP contribution in [0.25, 0.3) is 11.0 Å². The fourth-order valence-corrected chi connectivity index (χ4v) is 2.23. The number of ether oxygens (including phenoxy) is 1. The SMILES string of the molecule is CCCCCCCCCOc1ccc2[nH]ccc2n1. The van der Waals surface area contributed by atoms with Gasteiger partial charge in [-0.2, -0.15) is 0 Å². The molecule has 3 nitrogen and oxygen atoms in total. The topological polar surface area (TPSA) is 37.9 Å². The van der Waals surface area contributed by atoms with Crippen molar-refractivity contribution in [2.75, 3.05) is 6.61 Å². The summed E-state index contributed by atoms with van der Waals surface area (Å²) in [7, 11) is 0. The van der Waals surface area contributed by atoms with E-state index in [1.807, 2.05) is 24.4 Å². The van der Waals surface area contributed by atoms with Gasteiger partial charge in [0.25, 0.3) is 0 Å². The summed E-state index contributed by atoms with van der Waals surface area (Å²) >= 11 is 0. The standard InChI is InChI=1S/C16H24N2O/c1-2-3-4-5-6-7-8-13-19-16-10-9-14-15(18-16)11-12-17-14/h9-12,17H,2-8,13H2,1H3. The van der Waals surface area contributed by atoms with Crippen molar-refractivity contribution in [1.29, 1.82) is 0 Å². The maximum absolute atomic E-state index is 5.69. The third-order valence-electron chi connectivity index (χ3n) is 3.38. The molecule has 2 aromatic rings. The van der Waals surface area contributed by atoms with Gasteiger partial charge in [0.15, 0.2) is 0 Å². The maximum Gasteiger partial charge on any atom is 0.213 e. The van der Waals surface area contributed by atoms with Crippen LogP contribution >= 0.6 is 0 Å². The molecule has 0 fully saturated rings. The van der Waals surface area contributed by atoms with E-state index < -0.39 is 0 Å². The number of rotatable bonds is 9. The highest BCUT2D eigenvalue weighted by atomic mass is 16.5. The monoisotopic (exact) mass is 260 g/mol. The summed E-state index contributed by atoms with van der Waals surface area (Å²) < 4.78 is 5.69. The number of H-pyrrole nitrogens is 1. The zero-order chi connectivity index (χ0) is 13.3. The lowest BCUT2D eigenvalue weighted by atomic mass is 10.1. The molecule has 0 aliphatic carbocycles. The number of unbranched alkanes of at least 4 members (excludes halogenated alkanes) is 6. The van der Waals surface area contributed by atoms with Gasteiger partial charge in [-0.3, -0.25) is 0 Å². The van der Waals surface area contributed by atoms with Crippen LogP contribution in [0.3, 0.4) is 0 Å². The Bertz CT molecular complexity index is 478. The zero-order valence-electron chi connectivity index (χ0n) is 11.8. The molecule has 3 heteroatoms. The number of aromatic amines is 1. The van der Waals surface area contributed by atoms with E-state index in [-0.39, 0.29) is 0 Å². The average molecular weight is 260 g/mol. The highest BCUT2D eigenvalue weighted by molar-refractivity contribution is 5.75. The second kappa shape index (κ2) is 7.82. The van der Waals surface area contributed by atoms with Gasteiger partial charge >= 0.3 is 0 Å². The highest BCUT2D eigenvalue weighted by Crippen LogP contribution is 2.15. The summed E-state index contributed by atoms with van der Waals surface area (Å²) in [6.45, 7) is 3.03. The Labute approximate surface area is 115 Å². The minimum Gasteiger partial charge on any atom is -0.478 e. The Hall–Kier alpha value is -1.51. The molecule has 0 aliphatic heterocycles. The summed E-state index contributed by atoms with van der Waals surface area (Å²) in [5.74, 6) is 0.734. The smallest absolute Gasteiger partial charge is 0.213 e. The summed E-state index contributed by atoms with van der Waals surface area (Å²) in [6, 6.07) is 5.92. The molecule has 0 saturated heterocycles. The van der Waals surface area contributed by atoms with Crippen LogP contribution in [0.2, 0.25) is 0 Å². The van der Waals surface area contributed by atoms with E-state index >= 15 is 0 Å². The third-order valence-corrected chi connectivity index (χ3v) is 3.38. The molecule has 19 heavy (non-hydrogen) atoms. The Morgan fingerprint density at radius 1 is 1.00 bits per heavy atom. The first-order chi connectivity index (χ1) is 9.40. The van der Waals surface area contributed by atoms with Crippen LogP contribution in [0, 0.1) is 0 Å². The summed E-state index contributed by atoms with van der Waals surface area (Å²) in [4.78, 5) is 7.57. The van der Waals surface area contributed by atoms with Crippen molar-refractivity contribution >= 4 is 11.0 Å². The van der Waals surface area contributed by atoms with Crippen LogP contribution < -0.4 is 4.74 Å². The van der Waals surface area contributed by atoms with E-state index in [1.54, 1.807) is 0 Å². The minimum absolute atomic E-state index is 0.734. The normalized spacial score (nSPS) is 11.0. The van der Waals surface area contributed by atoms with Gasteiger partial charge in [-0.1, -0.05) is 45.4 Å². The molecule has 0 aliphatic rings. The van der Waals surface area contributed by atoms with E-state index in [0.717, 1.165) is 29.9 Å². The number of pyridine rings is 1. The zero-order valence-corrected chi connectivity index (χ0v) is 11.8. The summed E-state index contributed by atoms with van der Waals surface area (Å²) in [5, 5.41) is 0. The first-order valence-electron chi connectivity index (χ1n) is 7.47. The van der Waals surface area contributed by atoms with Crippen molar-refractivity contribution in [3.05, 3.63) is 24.4 Å². The van der Waals surface area contributed by atoms with Crippen LogP contribution in [0.15, 0.2) is 24.4 Å². The lowest BCUT2D eigenvalue weighted by Gasteiger charge is -2.05. The molecular weight excluding hydrogens is 236 g/mol. The molecule has 0 spiro atoms. The van der Waals surface area contributed by atoms with Gasteiger partial charge in [-0.05, 0) is 18.6 Å². The van der Waals surface area contributed by atoms with E-state index in [0.29, 0.717) is 0 Å². The predicted octanol–water partition coefficient (Wildman–Crippen LogP) is 4.69. The van der Waals surface area contributed by atoms with Crippen molar-refractivity contribution in [2.24, 2.45) is 0 Å². The molecule has 0 saturated carbocycles. The average Bonchev–Trinajstić information content (AvgIpc) is 2.89. The fourth-order valence-electron chi connectivity index (χ4n) is 2.23. The van der Waals surface area contributed by atoms with Crippen molar-refractivity contribution < 1.29 is 4.74 Å². The summed E-state index contributed by atoms with van der Waals surface area (Å²) in [5.41, 5.74) is 2.03. The second-order valence-corrected chi connectivity index (χ2v) is 5.03. The van der Waals surface area contributed by atoms with Gasteiger partial charge < -0.3 is 9.72 Å². The molecule has 0 radical (unpaired) electrons. The van der Waals surface area contributed by atoms with Gasteiger partial charge in [0, 0.05) is 12.3 Å². The van der Waals surface area contributed by atoms with Gasteiger partial charge in [0.2, 0.25) is 5.88 Å². The Kier molecular flexibility index (Phi) is 5.73. The van der Waals surface area contributed by atoms with E-state index in [2.05, 4.69) is 16.9 Å². The molecule has 2 rings (SSSR count). The van der Waals surface area contributed by atoms with Crippen LogP contribution in [-0.2, 0) is 0 Å². The number of fused-ring (bicyclic) bond motifs is 1. The quantitative estimate of drug-likeness (QED) is 0.664. The lowest BCUT2D eigenvalue weighted by molar-refractivity contribution is 0.294. The molecule has 104 valence electrons. The number of hydrogen-bond acceptors (Lipinski definition) is 2. The first kappa shape index (κ1) is 13.9. The molecule has 0 atom stereocenters. The molecule has 0 amide bonds. The highest BCUT2D eigenvalue weighted by Gasteiger charge is 1.99. The van der Waals surface area contributed by atoms with Crippen LogP contribution in [0.1, 0.15) is 51.9 Å². The second-order valence-electron chi connectivity index (χ2n) is 5.03. The molecule has 2 aromatic heterocycles. The van der Waals surface area contributed by atoms with Gasteiger partial charge in [-0.25, -0.2) is 4.98 Å². The molecule has 0 bridgehead atoms. The first-order valence-corrected chi connectivity index (χ1v) is 7.47. The molecule has 0 unspecified atom stereocenters. The van der Waals surface area contributed by atoms with E-state index in [1.165, 1.54) is 38.5 Å². The largest absolute Gasteiger partial charge is 0.478 e. The van der Waals surface area contributed by atoms with Gasteiger partial charge in [0.05, 0.1) is 17.6 Å². The molecule has 2 heterocycles. The lowest BCUT2D eigenvalue weighted by Crippen LogP contribution is -1.98. The number of nitrogens with zero attached hydrogens (tertiary/aromatic N) is 1. The number of aromatic nitrogens is 2. The van der Waals surface area contributed by atoms with Crippen molar-refractivity contribution in [3.63, 3.8) is 0 Å². The molecule has 1 N–H and O–H groups in total. The van der Waals surface area contributed by atoms with Crippen LogP contribution in [0.5, 0.6) is 5.88 Å². The number of hydrogen-bond donors (Lipinski definition) is 1. The predicted molar refractivity (Wildman–Crippen MR) is 79.6 cm³/mol. The van der Waals surface area contributed by atoms with E-state index in [9.17, 15) is 0 Å². The molecular formula is C16H24N2O. The summed E-state index contributed by atoms with van der Waals surface area (Å²) in [6.07, 6.45) is 11.0. The van der Waals surface area contributed by atoms with Crippen LogP contribution in [-0.4, -0.2) is 16.6 Å². The number of nitrogens with one attached hydrogen (secondary N) is 1. The third kappa shape index (κ3) is 4.58. The minimum atomic E-state index is 0.734. The maximum atomic E-state index is 5.69. The fraction of sp³-hybridized carbons (Fsp3) is 0.562. The van der Waals surface area contributed by atoms with Crippen molar-refractivity contribution in [1.82, 2.24) is 9.97 Å². The van der Waals surface area contributed by atoms with Gasteiger partial charge in [-0.15, -0.1) is 0 Å².